The third-order valence-corrected chi connectivity index (χ3v) is 5.41. The molecular weight excluding hydrogens is 332 g/mol. The molecule has 2 unspecified atom stereocenters. The van der Waals surface area contributed by atoms with Crippen LogP contribution in [0.1, 0.15) is 96.8 Å². The molecule has 1 aromatic rings. The van der Waals surface area contributed by atoms with Crippen molar-refractivity contribution in [3.8, 4) is 0 Å². The number of para-hydroxylation sites is 1. The monoisotopic (exact) mass is 376 g/mol. The average Bonchev–Trinajstić information content (AvgIpc) is 2.69. The maximum atomic E-state index is 10.8. The van der Waals surface area contributed by atoms with Crippen molar-refractivity contribution in [1.82, 2.24) is 0 Å². The summed E-state index contributed by atoms with van der Waals surface area (Å²) >= 11 is 0. The molecule has 3 heteroatoms. The zero-order chi connectivity index (χ0) is 19.6. The molecule has 0 aliphatic rings. The average molecular weight is 377 g/mol. The van der Waals surface area contributed by atoms with E-state index in [2.05, 4.69) is 36.5 Å². The van der Waals surface area contributed by atoms with Crippen LogP contribution in [0.25, 0.3) is 0 Å². The van der Waals surface area contributed by atoms with Gasteiger partial charge in [0.25, 0.3) is 0 Å². The molecule has 4 N–H and O–H groups in total. The second-order valence-electron chi connectivity index (χ2n) is 7.94. The highest BCUT2D eigenvalue weighted by Gasteiger charge is 2.18. The van der Waals surface area contributed by atoms with Gasteiger partial charge in [0.05, 0.1) is 12.1 Å². The fourth-order valence-corrected chi connectivity index (χ4v) is 3.66. The SMILES string of the molecule is CCCCCCCCC(O)C(CCCCCCCCN)Nc1ccccc1. The summed E-state index contributed by atoms with van der Waals surface area (Å²) in [5, 5.41) is 14.4. The molecule has 1 aromatic carbocycles. The van der Waals surface area contributed by atoms with Crippen molar-refractivity contribution < 1.29 is 5.11 Å². The van der Waals surface area contributed by atoms with Crippen molar-refractivity contribution in [3.05, 3.63) is 30.3 Å². The van der Waals surface area contributed by atoms with E-state index in [1.54, 1.807) is 0 Å². The molecule has 0 radical (unpaired) electrons. The van der Waals surface area contributed by atoms with Crippen molar-refractivity contribution in [2.45, 2.75) is 109 Å². The van der Waals surface area contributed by atoms with Crippen molar-refractivity contribution >= 4 is 5.69 Å². The summed E-state index contributed by atoms with van der Waals surface area (Å²) in [6.07, 6.45) is 16.8. The third-order valence-electron chi connectivity index (χ3n) is 5.41. The number of anilines is 1. The molecule has 0 aliphatic heterocycles. The van der Waals surface area contributed by atoms with Crippen LogP contribution in [0.5, 0.6) is 0 Å². The smallest absolute Gasteiger partial charge is 0.0741 e. The fourth-order valence-electron chi connectivity index (χ4n) is 3.66. The lowest BCUT2D eigenvalue weighted by molar-refractivity contribution is 0.134. The number of nitrogens with one attached hydrogen (secondary N) is 1. The van der Waals surface area contributed by atoms with Crippen LogP contribution in [-0.2, 0) is 0 Å². The standard InChI is InChI=1S/C24H44N2O/c1-2-3-4-5-9-15-20-24(27)23(26-22-17-12-11-13-18-22)19-14-8-6-7-10-16-21-25/h11-13,17-18,23-24,26-27H,2-10,14-16,19-21,25H2,1H3. The molecule has 0 heterocycles. The van der Waals surface area contributed by atoms with Crippen LogP contribution in [0.15, 0.2) is 30.3 Å². The van der Waals surface area contributed by atoms with Crippen molar-refractivity contribution in [2.75, 3.05) is 11.9 Å². The van der Waals surface area contributed by atoms with Gasteiger partial charge < -0.3 is 16.2 Å². The molecule has 2 atom stereocenters. The third kappa shape index (κ3) is 12.9. The molecule has 0 bridgehead atoms. The lowest BCUT2D eigenvalue weighted by Crippen LogP contribution is -2.33. The minimum Gasteiger partial charge on any atom is -0.391 e. The van der Waals surface area contributed by atoms with Gasteiger partial charge >= 0.3 is 0 Å². The lowest BCUT2D eigenvalue weighted by Gasteiger charge is -2.25. The van der Waals surface area contributed by atoms with Crippen LogP contribution in [0.4, 0.5) is 5.69 Å². The predicted octanol–water partition coefficient (Wildman–Crippen LogP) is 6.27. The Hall–Kier alpha value is -1.06. The number of rotatable bonds is 18. The van der Waals surface area contributed by atoms with E-state index in [0.717, 1.165) is 37.9 Å². The Morgan fingerprint density at radius 1 is 0.778 bits per heavy atom. The quantitative estimate of drug-likeness (QED) is 0.265. The van der Waals surface area contributed by atoms with Crippen LogP contribution in [0, 0.1) is 0 Å². The van der Waals surface area contributed by atoms with Gasteiger partial charge in [-0.25, -0.2) is 0 Å². The number of unbranched alkanes of at least 4 members (excludes halogenated alkanes) is 10. The minimum atomic E-state index is -0.256. The summed E-state index contributed by atoms with van der Waals surface area (Å²) in [7, 11) is 0. The number of hydrogen-bond acceptors (Lipinski definition) is 3. The Morgan fingerprint density at radius 2 is 1.33 bits per heavy atom. The van der Waals surface area contributed by atoms with Crippen LogP contribution in [-0.4, -0.2) is 23.8 Å². The lowest BCUT2D eigenvalue weighted by atomic mass is 9.97. The maximum Gasteiger partial charge on any atom is 0.0741 e. The molecular formula is C24H44N2O. The summed E-state index contributed by atoms with van der Waals surface area (Å²) in [4.78, 5) is 0. The van der Waals surface area contributed by atoms with Gasteiger partial charge in [-0.2, -0.15) is 0 Å². The van der Waals surface area contributed by atoms with Gasteiger partial charge in [-0.3, -0.25) is 0 Å². The molecule has 1 rings (SSSR count). The van der Waals surface area contributed by atoms with Crippen molar-refractivity contribution in [2.24, 2.45) is 5.73 Å². The highest BCUT2D eigenvalue weighted by atomic mass is 16.3. The molecule has 0 saturated carbocycles. The summed E-state index contributed by atoms with van der Waals surface area (Å²) < 4.78 is 0. The molecule has 156 valence electrons. The number of aliphatic hydroxyl groups excluding tert-OH is 1. The van der Waals surface area contributed by atoms with Gasteiger partial charge in [0.2, 0.25) is 0 Å². The van der Waals surface area contributed by atoms with E-state index in [4.69, 9.17) is 5.73 Å². The molecule has 3 nitrogen and oxygen atoms in total. The van der Waals surface area contributed by atoms with Crippen LogP contribution >= 0.6 is 0 Å². The van der Waals surface area contributed by atoms with Gasteiger partial charge in [0, 0.05) is 5.69 Å². The van der Waals surface area contributed by atoms with Crippen LogP contribution < -0.4 is 11.1 Å². The van der Waals surface area contributed by atoms with Gasteiger partial charge in [-0.15, -0.1) is 0 Å². The topological polar surface area (TPSA) is 58.3 Å². The normalized spacial score (nSPS) is 13.4. The fraction of sp³-hybridized carbons (Fsp3) is 0.750. The Labute approximate surface area is 168 Å². The molecule has 0 fully saturated rings. The van der Waals surface area contributed by atoms with Gasteiger partial charge in [0.1, 0.15) is 0 Å². The van der Waals surface area contributed by atoms with E-state index in [-0.39, 0.29) is 12.1 Å². The zero-order valence-corrected chi connectivity index (χ0v) is 17.7. The molecule has 0 amide bonds. The number of nitrogens with two attached hydrogens (primary N) is 1. The van der Waals surface area contributed by atoms with Crippen LogP contribution in [0.3, 0.4) is 0 Å². The summed E-state index contributed by atoms with van der Waals surface area (Å²) in [5.41, 5.74) is 6.67. The first-order valence-electron chi connectivity index (χ1n) is 11.5. The van der Waals surface area contributed by atoms with Crippen molar-refractivity contribution in [1.29, 1.82) is 0 Å². The van der Waals surface area contributed by atoms with E-state index in [9.17, 15) is 5.11 Å². The van der Waals surface area contributed by atoms with E-state index < -0.39 is 0 Å². The van der Waals surface area contributed by atoms with Gasteiger partial charge in [-0.1, -0.05) is 95.8 Å². The number of aliphatic hydroxyl groups is 1. The first-order valence-corrected chi connectivity index (χ1v) is 11.5. The second kappa shape index (κ2) is 17.1. The minimum absolute atomic E-state index is 0.159. The molecule has 0 aliphatic carbocycles. The van der Waals surface area contributed by atoms with Gasteiger partial charge in [0.15, 0.2) is 0 Å². The Kier molecular flexibility index (Phi) is 15.2. The summed E-state index contributed by atoms with van der Waals surface area (Å²) in [5.74, 6) is 0. The highest BCUT2D eigenvalue weighted by Crippen LogP contribution is 2.19. The predicted molar refractivity (Wildman–Crippen MR) is 119 cm³/mol. The number of benzene rings is 1. The zero-order valence-electron chi connectivity index (χ0n) is 17.7. The second-order valence-corrected chi connectivity index (χ2v) is 7.94. The highest BCUT2D eigenvalue weighted by molar-refractivity contribution is 5.43. The van der Waals surface area contributed by atoms with Crippen molar-refractivity contribution in [3.63, 3.8) is 0 Å². The van der Waals surface area contributed by atoms with Gasteiger partial charge in [-0.05, 0) is 37.9 Å². The van der Waals surface area contributed by atoms with E-state index >= 15 is 0 Å². The first-order chi connectivity index (χ1) is 13.3. The van der Waals surface area contributed by atoms with E-state index in [1.807, 2.05) is 6.07 Å². The maximum absolute atomic E-state index is 10.8. The van der Waals surface area contributed by atoms with E-state index in [0.29, 0.717) is 0 Å². The van der Waals surface area contributed by atoms with Crippen LogP contribution in [0.2, 0.25) is 0 Å². The Bertz CT molecular complexity index is 424. The largest absolute Gasteiger partial charge is 0.391 e. The first kappa shape index (κ1) is 24.0. The van der Waals surface area contributed by atoms with E-state index in [1.165, 1.54) is 64.2 Å². The Balaban J connectivity index is 2.33. The summed E-state index contributed by atoms with van der Waals surface area (Å²) in [6.45, 7) is 3.07. The molecule has 0 aromatic heterocycles. The summed E-state index contributed by atoms with van der Waals surface area (Å²) in [6, 6.07) is 10.5. The molecule has 0 saturated heterocycles. The number of hydrogen-bond donors (Lipinski definition) is 3. The molecule has 0 spiro atoms. The molecule has 27 heavy (non-hydrogen) atoms. The Morgan fingerprint density at radius 3 is 1.96 bits per heavy atom.